The predicted octanol–water partition coefficient (Wildman–Crippen LogP) is 6.66. The maximum Gasteiger partial charge on any atom is 0.341 e. The average Bonchev–Trinajstić information content (AvgIpc) is 2.63. The lowest BCUT2D eigenvalue weighted by atomic mass is 9.62. The summed E-state index contributed by atoms with van der Waals surface area (Å²) < 4.78 is 57.7. The van der Waals surface area contributed by atoms with Gasteiger partial charge in [0.15, 0.2) is 23.3 Å². The Morgan fingerprint density at radius 2 is 1.27 bits per heavy atom. The Hall–Kier alpha value is -2.63. The Bertz CT molecular complexity index is 1070. The molecule has 0 unspecified atom stereocenters. The number of halogens is 4. The number of carboxylic acid groups (broad SMARTS) is 1. The van der Waals surface area contributed by atoms with Gasteiger partial charge >= 0.3 is 5.97 Å². The molecule has 2 aromatic carbocycles. The molecule has 0 aromatic heterocycles. The molecule has 0 radical (unpaired) electrons. The van der Waals surface area contributed by atoms with Crippen molar-refractivity contribution < 1.29 is 27.5 Å². The minimum Gasteiger partial charge on any atom is -0.477 e. The molecule has 1 N–H and O–H groups in total. The van der Waals surface area contributed by atoms with E-state index in [1.54, 1.807) is 13.0 Å². The van der Waals surface area contributed by atoms with Gasteiger partial charge in [0, 0.05) is 0 Å². The summed E-state index contributed by atoms with van der Waals surface area (Å²) in [6, 6.07) is 3.72. The number of aryl methyl sites for hydroxylation is 1. The lowest BCUT2D eigenvalue weighted by Crippen LogP contribution is -2.34. The summed E-state index contributed by atoms with van der Waals surface area (Å²) in [4.78, 5) is 11.0. The molecule has 2 aromatic rings. The number of carboxylic acids is 1. The number of hydrogen-bond acceptors (Lipinski definition) is 1. The second-order valence-corrected chi connectivity index (χ2v) is 9.27. The molecule has 0 fully saturated rings. The van der Waals surface area contributed by atoms with Crippen molar-refractivity contribution in [3.05, 3.63) is 75.4 Å². The molecule has 2 nitrogen and oxygen atoms in total. The Kier molecular flexibility index (Phi) is 5.12. The molecule has 160 valence electrons. The second kappa shape index (κ2) is 6.96. The number of hydrogen-bond donors (Lipinski definition) is 1. The molecule has 0 saturated heterocycles. The smallest absolute Gasteiger partial charge is 0.341 e. The second-order valence-electron chi connectivity index (χ2n) is 9.27. The Morgan fingerprint density at radius 1 is 0.867 bits per heavy atom. The average molecular weight is 420 g/mol. The third kappa shape index (κ3) is 3.22. The van der Waals surface area contributed by atoms with E-state index in [1.165, 1.54) is 0 Å². The van der Waals surface area contributed by atoms with Crippen molar-refractivity contribution in [2.45, 2.75) is 58.3 Å². The van der Waals surface area contributed by atoms with Crippen molar-refractivity contribution in [2.75, 3.05) is 0 Å². The van der Waals surface area contributed by atoms with Crippen LogP contribution in [0.3, 0.4) is 0 Å². The summed E-state index contributed by atoms with van der Waals surface area (Å²) in [6.07, 6.45) is 1.88. The van der Waals surface area contributed by atoms with E-state index < -0.39 is 40.4 Å². The van der Waals surface area contributed by atoms with Crippen LogP contribution in [0.25, 0.3) is 5.57 Å². The third-order valence-electron chi connectivity index (χ3n) is 6.30. The van der Waals surface area contributed by atoms with Crippen LogP contribution < -0.4 is 0 Å². The van der Waals surface area contributed by atoms with Gasteiger partial charge in [-0.25, -0.2) is 22.4 Å². The minimum atomic E-state index is -2.09. The summed E-state index contributed by atoms with van der Waals surface area (Å²) in [5.74, 6) is -9.53. The van der Waals surface area contributed by atoms with Crippen LogP contribution in [0.4, 0.5) is 17.6 Å². The van der Waals surface area contributed by atoms with Gasteiger partial charge < -0.3 is 5.11 Å². The van der Waals surface area contributed by atoms with Gasteiger partial charge in [0.05, 0.1) is 5.56 Å². The van der Waals surface area contributed by atoms with E-state index in [1.807, 2.05) is 6.07 Å². The minimum absolute atomic E-state index is 0.0900. The van der Waals surface area contributed by atoms with E-state index >= 15 is 0 Å². The van der Waals surface area contributed by atoms with Gasteiger partial charge in [0.1, 0.15) is 5.56 Å². The van der Waals surface area contributed by atoms with Crippen LogP contribution in [0.2, 0.25) is 0 Å². The molecule has 0 bridgehead atoms. The van der Waals surface area contributed by atoms with Gasteiger partial charge in [0.25, 0.3) is 0 Å². The number of rotatable bonds is 3. The quantitative estimate of drug-likeness (QED) is 0.445. The van der Waals surface area contributed by atoms with Crippen molar-refractivity contribution >= 4 is 11.5 Å². The Morgan fingerprint density at radius 3 is 1.70 bits per heavy atom. The van der Waals surface area contributed by atoms with Gasteiger partial charge in [-0.05, 0) is 58.4 Å². The fourth-order valence-corrected chi connectivity index (χ4v) is 4.27. The molecule has 0 amide bonds. The molecule has 6 heteroatoms. The van der Waals surface area contributed by atoms with Crippen LogP contribution in [-0.4, -0.2) is 11.1 Å². The monoisotopic (exact) mass is 420 g/mol. The molecular formula is C24H24F4O2. The SMILES string of the molecule is C=C(c1cc2c(cc1C)C(C)(C)CCC2(C)C)c1c(F)c(F)c(C(=O)O)c(F)c1F. The standard InChI is InChI=1S/C24H24F4O2/c1-11-9-14-15(24(5,6)8-7-23(14,3)4)10-13(11)12(2)16-18(25)20(27)17(22(29)30)21(28)19(16)26/h9-10H,2,7-8H2,1,3-6H3,(H,29,30). The van der Waals surface area contributed by atoms with Gasteiger partial charge in [-0.2, -0.15) is 0 Å². The fraction of sp³-hybridized carbons (Fsp3) is 0.375. The predicted molar refractivity (Wildman–Crippen MR) is 108 cm³/mol. The van der Waals surface area contributed by atoms with Crippen LogP contribution in [0.5, 0.6) is 0 Å². The van der Waals surface area contributed by atoms with Crippen LogP contribution in [0.1, 0.15) is 78.7 Å². The number of carbonyl (C=O) groups is 1. The van der Waals surface area contributed by atoms with Crippen molar-refractivity contribution in [1.82, 2.24) is 0 Å². The molecule has 1 aliphatic rings. The Balaban J connectivity index is 2.27. The number of benzene rings is 2. The van der Waals surface area contributed by atoms with E-state index in [4.69, 9.17) is 5.11 Å². The summed E-state index contributed by atoms with van der Waals surface area (Å²) in [5, 5.41) is 8.89. The van der Waals surface area contributed by atoms with E-state index in [0.717, 1.165) is 24.0 Å². The summed E-state index contributed by atoms with van der Waals surface area (Å²) in [6.45, 7) is 13.9. The van der Waals surface area contributed by atoms with Gasteiger partial charge in [-0.1, -0.05) is 46.4 Å². The first-order chi connectivity index (χ1) is 13.7. The molecular weight excluding hydrogens is 396 g/mol. The first-order valence-electron chi connectivity index (χ1n) is 9.65. The van der Waals surface area contributed by atoms with Crippen LogP contribution >= 0.6 is 0 Å². The van der Waals surface area contributed by atoms with Crippen LogP contribution in [0.15, 0.2) is 18.7 Å². The molecule has 0 heterocycles. The maximum absolute atomic E-state index is 14.6. The third-order valence-corrected chi connectivity index (χ3v) is 6.30. The van der Waals surface area contributed by atoms with E-state index in [9.17, 15) is 22.4 Å². The van der Waals surface area contributed by atoms with Gasteiger partial charge in [-0.15, -0.1) is 0 Å². The van der Waals surface area contributed by atoms with Crippen LogP contribution in [0, 0.1) is 30.2 Å². The van der Waals surface area contributed by atoms with Gasteiger partial charge in [-0.3, -0.25) is 0 Å². The zero-order valence-corrected chi connectivity index (χ0v) is 17.6. The summed E-state index contributed by atoms with van der Waals surface area (Å²) in [7, 11) is 0. The first kappa shape index (κ1) is 22.1. The first-order valence-corrected chi connectivity index (χ1v) is 9.65. The highest BCUT2D eigenvalue weighted by molar-refractivity contribution is 5.90. The largest absolute Gasteiger partial charge is 0.477 e. The number of aromatic carboxylic acids is 1. The summed E-state index contributed by atoms with van der Waals surface area (Å²) in [5.41, 5.74) is -0.0547. The zero-order chi connectivity index (χ0) is 22.8. The highest BCUT2D eigenvalue weighted by Gasteiger charge is 2.38. The highest BCUT2D eigenvalue weighted by atomic mass is 19.2. The van der Waals surface area contributed by atoms with E-state index in [-0.39, 0.29) is 16.4 Å². The highest BCUT2D eigenvalue weighted by Crippen LogP contribution is 2.47. The molecule has 3 rings (SSSR count). The van der Waals surface area contributed by atoms with Crippen LogP contribution in [-0.2, 0) is 10.8 Å². The van der Waals surface area contributed by atoms with Crippen molar-refractivity contribution in [3.8, 4) is 0 Å². The van der Waals surface area contributed by atoms with Crippen molar-refractivity contribution in [1.29, 1.82) is 0 Å². The molecule has 0 aliphatic heterocycles. The normalized spacial score (nSPS) is 16.8. The zero-order valence-electron chi connectivity index (χ0n) is 17.6. The molecule has 30 heavy (non-hydrogen) atoms. The van der Waals surface area contributed by atoms with Crippen molar-refractivity contribution in [2.24, 2.45) is 0 Å². The molecule has 0 saturated carbocycles. The lowest BCUT2D eigenvalue weighted by Gasteiger charge is -2.42. The fourth-order valence-electron chi connectivity index (χ4n) is 4.27. The van der Waals surface area contributed by atoms with Gasteiger partial charge in [0.2, 0.25) is 0 Å². The van der Waals surface area contributed by atoms with Crippen molar-refractivity contribution in [3.63, 3.8) is 0 Å². The lowest BCUT2D eigenvalue weighted by molar-refractivity contribution is 0.0683. The maximum atomic E-state index is 14.6. The van der Waals surface area contributed by atoms with E-state index in [0.29, 0.717) is 11.1 Å². The molecule has 0 atom stereocenters. The number of fused-ring (bicyclic) bond motifs is 1. The van der Waals surface area contributed by atoms with E-state index in [2.05, 4.69) is 34.3 Å². The topological polar surface area (TPSA) is 37.3 Å². The Labute approximate surface area is 173 Å². The molecule has 1 aliphatic carbocycles. The molecule has 0 spiro atoms. The summed E-state index contributed by atoms with van der Waals surface area (Å²) >= 11 is 0.